The molecular formula is C24H17F2NO4S. The standard InChI is InChI=1S/C24H17F2NO4S/c1-30-22(28)17-11-9-16(10-12-17)21-27-18(14-32-21)13-31-23(29)24(25,26)20-8-4-6-15-5-2-3-7-19(15)20/h2-12,14H,13H2,1H3. The lowest BCUT2D eigenvalue weighted by Crippen LogP contribution is -2.28. The van der Waals surface area contributed by atoms with Crippen LogP contribution < -0.4 is 0 Å². The van der Waals surface area contributed by atoms with Gasteiger partial charge >= 0.3 is 17.9 Å². The van der Waals surface area contributed by atoms with Crippen LogP contribution in [-0.4, -0.2) is 24.0 Å². The Labute approximate surface area is 186 Å². The number of halogens is 2. The number of ether oxygens (including phenoxy) is 2. The molecule has 1 heterocycles. The van der Waals surface area contributed by atoms with Gasteiger partial charge in [0.2, 0.25) is 0 Å². The third kappa shape index (κ3) is 4.22. The number of alkyl halides is 2. The van der Waals surface area contributed by atoms with Gasteiger partial charge in [-0.25, -0.2) is 14.6 Å². The summed E-state index contributed by atoms with van der Waals surface area (Å²) in [5.41, 5.74) is 1.09. The maximum Gasteiger partial charge on any atom is 0.382 e. The topological polar surface area (TPSA) is 65.5 Å². The quantitative estimate of drug-likeness (QED) is 0.356. The van der Waals surface area contributed by atoms with Crippen LogP contribution in [0.3, 0.4) is 0 Å². The second-order valence-electron chi connectivity index (χ2n) is 6.89. The molecule has 0 amide bonds. The number of esters is 2. The van der Waals surface area contributed by atoms with Crippen molar-refractivity contribution in [3.05, 3.63) is 88.9 Å². The Hall–Kier alpha value is -3.65. The molecule has 0 aliphatic rings. The maximum atomic E-state index is 14.9. The predicted molar refractivity (Wildman–Crippen MR) is 117 cm³/mol. The van der Waals surface area contributed by atoms with Gasteiger partial charge in [-0.05, 0) is 22.9 Å². The molecule has 0 saturated heterocycles. The van der Waals surface area contributed by atoms with Gasteiger partial charge < -0.3 is 9.47 Å². The Morgan fingerprint density at radius 3 is 2.47 bits per heavy atom. The minimum Gasteiger partial charge on any atom is -0.465 e. The van der Waals surface area contributed by atoms with E-state index in [9.17, 15) is 18.4 Å². The third-order valence-corrected chi connectivity index (χ3v) is 5.78. The Morgan fingerprint density at radius 2 is 1.72 bits per heavy atom. The molecule has 0 spiro atoms. The van der Waals surface area contributed by atoms with Crippen LogP contribution in [0.2, 0.25) is 0 Å². The van der Waals surface area contributed by atoms with E-state index in [-0.39, 0.29) is 6.61 Å². The van der Waals surface area contributed by atoms with Crippen LogP contribution in [0, 0.1) is 0 Å². The van der Waals surface area contributed by atoms with E-state index in [1.165, 1.54) is 30.6 Å². The van der Waals surface area contributed by atoms with E-state index in [4.69, 9.17) is 4.74 Å². The highest BCUT2D eigenvalue weighted by Crippen LogP contribution is 2.35. The highest BCUT2D eigenvalue weighted by molar-refractivity contribution is 7.13. The molecule has 0 N–H and O–H groups in total. The van der Waals surface area contributed by atoms with Gasteiger partial charge in [0.1, 0.15) is 11.6 Å². The molecular weight excluding hydrogens is 436 g/mol. The molecule has 4 aromatic rings. The largest absolute Gasteiger partial charge is 0.465 e. The second-order valence-corrected chi connectivity index (χ2v) is 7.75. The Balaban J connectivity index is 1.46. The van der Waals surface area contributed by atoms with Crippen LogP contribution in [0.15, 0.2) is 72.1 Å². The molecule has 5 nitrogen and oxygen atoms in total. The summed E-state index contributed by atoms with van der Waals surface area (Å²) in [7, 11) is 1.30. The molecule has 0 saturated carbocycles. The van der Waals surface area contributed by atoms with Crippen molar-refractivity contribution in [3.8, 4) is 10.6 Å². The number of nitrogens with zero attached hydrogens (tertiary/aromatic N) is 1. The molecule has 0 aliphatic heterocycles. The fraction of sp³-hybridized carbons (Fsp3) is 0.125. The lowest BCUT2D eigenvalue weighted by Gasteiger charge is -2.17. The van der Waals surface area contributed by atoms with Gasteiger partial charge in [0.25, 0.3) is 0 Å². The molecule has 162 valence electrons. The van der Waals surface area contributed by atoms with Gasteiger partial charge in [-0.1, -0.05) is 54.6 Å². The van der Waals surface area contributed by atoms with E-state index < -0.39 is 23.4 Å². The first-order chi connectivity index (χ1) is 15.4. The minimum atomic E-state index is -3.80. The summed E-state index contributed by atoms with van der Waals surface area (Å²) in [5.74, 6) is -5.88. The number of aromatic nitrogens is 1. The first-order valence-electron chi connectivity index (χ1n) is 9.56. The number of thiazole rings is 1. The van der Waals surface area contributed by atoms with Gasteiger partial charge in [-0.15, -0.1) is 11.3 Å². The number of benzene rings is 3. The predicted octanol–water partition coefficient (Wildman–Crippen LogP) is 5.59. The summed E-state index contributed by atoms with van der Waals surface area (Å²) in [5, 5.41) is 3.14. The fourth-order valence-electron chi connectivity index (χ4n) is 3.21. The van der Waals surface area contributed by atoms with Crippen molar-refractivity contribution in [2.24, 2.45) is 0 Å². The van der Waals surface area contributed by atoms with Gasteiger partial charge in [0.15, 0.2) is 0 Å². The number of carbonyl (C=O) groups excluding carboxylic acids is 2. The van der Waals surface area contributed by atoms with Crippen molar-refractivity contribution >= 4 is 34.0 Å². The van der Waals surface area contributed by atoms with Gasteiger partial charge in [0, 0.05) is 16.5 Å². The van der Waals surface area contributed by atoms with Crippen molar-refractivity contribution in [3.63, 3.8) is 0 Å². The normalized spacial score (nSPS) is 11.3. The highest BCUT2D eigenvalue weighted by atomic mass is 32.1. The number of hydrogen-bond donors (Lipinski definition) is 0. The SMILES string of the molecule is COC(=O)c1ccc(-c2nc(COC(=O)C(F)(F)c3cccc4ccccc34)cs2)cc1. The van der Waals surface area contributed by atoms with Crippen molar-refractivity contribution in [1.29, 1.82) is 0 Å². The summed E-state index contributed by atoms with van der Waals surface area (Å²) in [6.45, 7) is -0.379. The average Bonchev–Trinajstić information content (AvgIpc) is 3.30. The van der Waals surface area contributed by atoms with Crippen LogP contribution >= 0.6 is 11.3 Å². The number of methoxy groups -OCH3 is 1. The van der Waals surface area contributed by atoms with Gasteiger partial charge in [-0.3, -0.25) is 0 Å². The molecule has 0 radical (unpaired) electrons. The number of rotatable bonds is 6. The highest BCUT2D eigenvalue weighted by Gasteiger charge is 2.44. The molecule has 0 unspecified atom stereocenters. The fourth-order valence-corrected chi connectivity index (χ4v) is 4.02. The number of hydrogen-bond acceptors (Lipinski definition) is 6. The first kappa shape index (κ1) is 21.6. The Bertz CT molecular complexity index is 1280. The minimum absolute atomic E-state index is 0.295. The van der Waals surface area contributed by atoms with Gasteiger partial charge in [-0.2, -0.15) is 8.78 Å². The smallest absolute Gasteiger partial charge is 0.382 e. The average molecular weight is 453 g/mol. The molecule has 0 fully saturated rings. The van der Waals surface area contributed by atoms with Crippen LogP contribution in [0.1, 0.15) is 21.6 Å². The summed E-state index contributed by atoms with van der Waals surface area (Å²) in [4.78, 5) is 28.1. The van der Waals surface area contributed by atoms with Crippen molar-refractivity contribution in [1.82, 2.24) is 4.98 Å². The van der Waals surface area contributed by atoms with Gasteiger partial charge in [0.05, 0.1) is 18.4 Å². The van der Waals surface area contributed by atoms with E-state index in [1.54, 1.807) is 60.0 Å². The molecule has 4 rings (SSSR count). The zero-order valence-electron chi connectivity index (χ0n) is 16.9. The Kier molecular flexibility index (Phi) is 5.96. The van der Waals surface area contributed by atoms with Crippen molar-refractivity contribution in [2.75, 3.05) is 7.11 Å². The molecule has 0 atom stereocenters. The van der Waals surface area contributed by atoms with Crippen LogP contribution in [0.25, 0.3) is 21.3 Å². The van der Waals surface area contributed by atoms with E-state index in [2.05, 4.69) is 9.72 Å². The van der Waals surface area contributed by atoms with E-state index in [1.807, 2.05) is 0 Å². The molecule has 1 aromatic heterocycles. The lowest BCUT2D eigenvalue weighted by molar-refractivity contribution is -0.175. The number of fused-ring (bicyclic) bond motifs is 1. The van der Waals surface area contributed by atoms with E-state index >= 15 is 0 Å². The van der Waals surface area contributed by atoms with E-state index in [0.29, 0.717) is 27.0 Å². The zero-order valence-corrected chi connectivity index (χ0v) is 17.7. The molecule has 8 heteroatoms. The molecule has 3 aromatic carbocycles. The van der Waals surface area contributed by atoms with E-state index in [0.717, 1.165) is 5.56 Å². The Morgan fingerprint density at radius 1 is 1.00 bits per heavy atom. The third-order valence-electron chi connectivity index (χ3n) is 4.84. The summed E-state index contributed by atoms with van der Waals surface area (Å²) < 4.78 is 39.3. The molecule has 0 bridgehead atoms. The van der Waals surface area contributed by atoms with Crippen LogP contribution in [0.4, 0.5) is 8.78 Å². The van der Waals surface area contributed by atoms with Crippen LogP contribution in [0.5, 0.6) is 0 Å². The van der Waals surface area contributed by atoms with Crippen molar-refractivity contribution in [2.45, 2.75) is 12.5 Å². The summed E-state index contributed by atoms with van der Waals surface area (Å²) in [6.07, 6.45) is 0. The monoisotopic (exact) mass is 453 g/mol. The summed E-state index contributed by atoms with van der Waals surface area (Å²) in [6, 6.07) is 17.7. The number of carbonyl (C=O) groups is 2. The first-order valence-corrected chi connectivity index (χ1v) is 10.4. The lowest BCUT2D eigenvalue weighted by atomic mass is 10.00. The molecule has 32 heavy (non-hydrogen) atoms. The second kappa shape index (κ2) is 8.84. The van der Waals surface area contributed by atoms with Crippen molar-refractivity contribution < 1.29 is 27.8 Å². The maximum absolute atomic E-state index is 14.9. The van der Waals surface area contributed by atoms with Crippen LogP contribution in [-0.2, 0) is 26.8 Å². The summed E-state index contributed by atoms with van der Waals surface area (Å²) >= 11 is 1.27. The zero-order chi connectivity index (χ0) is 22.7. The molecule has 0 aliphatic carbocycles.